The van der Waals surface area contributed by atoms with Crippen molar-refractivity contribution in [3.8, 4) is 0 Å². The monoisotopic (exact) mass is 242 g/mol. The fourth-order valence-corrected chi connectivity index (χ4v) is 2.40. The first-order valence-corrected chi connectivity index (χ1v) is 6.79. The Kier molecular flexibility index (Phi) is 4.32. The topological polar surface area (TPSA) is 24.9 Å². The lowest BCUT2D eigenvalue weighted by Gasteiger charge is -2.17. The lowest BCUT2D eigenvalue weighted by Crippen LogP contribution is -2.17. The van der Waals surface area contributed by atoms with Gasteiger partial charge in [-0.05, 0) is 38.1 Å². The van der Waals surface area contributed by atoms with E-state index in [4.69, 9.17) is 4.98 Å². The summed E-state index contributed by atoms with van der Waals surface area (Å²) < 4.78 is 0. The molecule has 1 heterocycles. The number of aryl methyl sites for hydroxylation is 1. The number of nitrogens with zero attached hydrogens (tertiary/aromatic N) is 1. The normalized spacial score (nSPS) is 12.8. The Bertz CT molecular complexity index is 519. The highest BCUT2D eigenvalue weighted by atomic mass is 14.9. The molecule has 1 aromatic heterocycles. The van der Waals surface area contributed by atoms with Gasteiger partial charge in [-0.15, -0.1) is 0 Å². The maximum atomic E-state index is 4.80. The third-order valence-corrected chi connectivity index (χ3v) is 3.49. The Labute approximate surface area is 109 Å². The van der Waals surface area contributed by atoms with Crippen LogP contribution in [0.15, 0.2) is 30.3 Å². The highest BCUT2D eigenvalue weighted by Crippen LogP contribution is 2.23. The molecule has 2 aromatic rings. The molecule has 0 spiro atoms. The molecule has 96 valence electrons. The van der Waals surface area contributed by atoms with Crippen LogP contribution in [0.1, 0.15) is 43.5 Å². The van der Waals surface area contributed by atoms with E-state index in [1.807, 2.05) is 7.05 Å². The molecular formula is C16H22N2. The zero-order valence-electron chi connectivity index (χ0n) is 11.5. The number of unbranched alkanes of at least 4 members (excludes halogenated alkanes) is 1. The molecule has 2 nitrogen and oxygen atoms in total. The standard InChI is InChI=1S/C16H22N2/c1-4-5-9-15(17-3)16-11-12(2)13-8-6-7-10-14(13)18-16/h6-8,10-11,15,17H,4-5,9H2,1-3H3. The number of para-hydroxylation sites is 1. The fraction of sp³-hybridized carbons (Fsp3) is 0.438. The number of pyridine rings is 1. The van der Waals surface area contributed by atoms with Crippen molar-refractivity contribution in [2.75, 3.05) is 7.05 Å². The van der Waals surface area contributed by atoms with E-state index in [1.54, 1.807) is 0 Å². The fourth-order valence-electron chi connectivity index (χ4n) is 2.40. The Morgan fingerprint density at radius 2 is 2.06 bits per heavy atom. The molecule has 0 fully saturated rings. The van der Waals surface area contributed by atoms with Gasteiger partial charge in [0, 0.05) is 11.4 Å². The minimum atomic E-state index is 0.369. The maximum Gasteiger partial charge on any atom is 0.0708 e. The van der Waals surface area contributed by atoms with E-state index in [2.05, 4.69) is 49.5 Å². The second-order valence-electron chi connectivity index (χ2n) is 4.86. The highest BCUT2D eigenvalue weighted by Gasteiger charge is 2.11. The number of rotatable bonds is 5. The molecule has 0 amide bonds. The third-order valence-electron chi connectivity index (χ3n) is 3.49. The van der Waals surface area contributed by atoms with Crippen LogP contribution < -0.4 is 5.32 Å². The Hall–Kier alpha value is -1.41. The summed E-state index contributed by atoms with van der Waals surface area (Å²) >= 11 is 0. The molecule has 1 N–H and O–H groups in total. The summed E-state index contributed by atoms with van der Waals surface area (Å²) in [5, 5.41) is 4.64. The van der Waals surface area contributed by atoms with Gasteiger partial charge in [0.1, 0.15) is 0 Å². The lowest BCUT2D eigenvalue weighted by atomic mass is 10.0. The first-order valence-electron chi connectivity index (χ1n) is 6.79. The van der Waals surface area contributed by atoms with Crippen LogP contribution in [0.2, 0.25) is 0 Å². The largest absolute Gasteiger partial charge is 0.312 e. The smallest absolute Gasteiger partial charge is 0.0708 e. The van der Waals surface area contributed by atoms with E-state index in [0.29, 0.717) is 6.04 Å². The summed E-state index contributed by atoms with van der Waals surface area (Å²) in [6.07, 6.45) is 3.61. The van der Waals surface area contributed by atoms with E-state index in [9.17, 15) is 0 Å². The van der Waals surface area contributed by atoms with Crippen molar-refractivity contribution in [1.29, 1.82) is 0 Å². The van der Waals surface area contributed by atoms with E-state index in [1.165, 1.54) is 29.5 Å². The Balaban J connectivity index is 2.38. The van der Waals surface area contributed by atoms with E-state index < -0.39 is 0 Å². The first kappa shape index (κ1) is 13.0. The lowest BCUT2D eigenvalue weighted by molar-refractivity contribution is 0.512. The SMILES string of the molecule is CCCCC(NC)c1cc(C)c2ccccc2n1. The molecule has 0 bridgehead atoms. The van der Waals surface area contributed by atoms with Crippen LogP contribution in [0, 0.1) is 6.92 Å². The van der Waals surface area contributed by atoms with Gasteiger partial charge >= 0.3 is 0 Å². The van der Waals surface area contributed by atoms with Gasteiger partial charge in [-0.25, -0.2) is 0 Å². The van der Waals surface area contributed by atoms with Gasteiger partial charge in [0.15, 0.2) is 0 Å². The predicted octanol–water partition coefficient (Wildman–Crippen LogP) is 3.99. The van der Waals surface area contributed by atoms with E-state index in [-0.39, 0.29) is 0 Å². The average Bonchev–Trinajstić information content (AvgIpc) is 2.40. The minimum absolute atomic E-state index is 0.369. The Morgan fingerprint density at radius 3 is 2.78 bits per heavy atom. The van der Waals surface area contributed by atoms with Crippen molar-refractivity contribution in [2.45, 2.75) is 39.2 Å². The van der Waals surface area contributed by atoms with Gasteiger partial charge in [0.05, 0.1) is 11.2 Å². The molecule has 1 unspecified atom stereocenters. The Morgan fingerprint density at radius 1 is 1.28 bits per heavy atom. The van der Waals surface area contributed by atoms with Crippen LogP contribution in [-0.4, -0.2) is 12.0 Å². The summed E-state index contributed by atoms with van der Waals surface area (Å²) in [6, 6.07) is 11.0. The molecule has 2 heteroatoms. The van der Waals surface area contributed by atoms with Crippen molar-refractivity contribution >= 4 is 10.9 Å². The number of aromatic nitrogens is 1. The molecule has 1 aromatic carbocycles. The average molecular weight is 242 g/mol. The number of hydrogen-bond donors (Lipinski definition) is 1. The molecule has 0 aliphatic heterocycles. The van der Waals surface area contributed by atoms with Crippen LogP contribution in [0.4, 0.5) is 0 Å². The van der Waals surface area contributed by atoms with Crippen LogP contribution in [0.25, 0.3) is 10.9 Å². The molecule has 2 rings (SSSR count). The minimum Gasteiger partial charge on any atom is -0.312 e. The highest BCUT2D eigenvalue weighted by molar-refractivity contribution is 5.82. The maximum absolute atomic E-state index is 4.80. The van der Waals surface area contributed by atoms with Crippen LogP contribution in [-0.2, 0) is 0 Å². The van der Waals surface area contributed by atoms with Crippen LogP contribution in [0.3, 0.4) is 0 Å². The predicted molar refractivity (Wildman–Crippen MR) is 77.8 cm³/mol. The third kappa shape index (κ3) is 2.70. The molecule has 0 radical (unpaired) electrons. The first-order chi connectivity index (χ1) is 8.76. The van der Waals surface area contributed by atoms with Crippen molar-refractivity contribution < 1.29 is 0 Å². The summed E-state index contributed by atoms with van der Waals surface area (Å²) in [5.74, 6) is 0. The molecule has 0 aliphatic carbocycles. The molecule has 0 aliphatic rings. The zero-order chi connectivity index (χ0) is 13.0. The van der Waals surface area contributed by atoms with Crippen LogP contribution in [0.5, 0.6) is 0 Å². The summed E-state index contributed by atoms with van der Waals surface area (Å²) in [5.41, 5.74) is 3.58. The molecule has 18 heavy (non-hydrogen) atoms. The second kappa shape index (κ2) is 5.96. The van der Waals surface area contributed by atoms with Gasteiger partial charge in [0.25, 0.3) is 0 Å². The summed E-state index contributed by atoms with van der Waals surface area (Å²) in [4.78, 5) is 4.80. The van der Waals surface area contributed by atoms with Gasteiger partial charge in [-0.2, -0.15) is 0 Å². The van der Waals surface area contributed by atoms with Crippen molar-refractivity contribution in [2.24, 2.45) is 0 Å². The second-order valence-corrected chi connectivity index (χ2v) is 4.86. The summed E-state index contributed by atoms with van der Waals surface area (Å²) in [6.45, 7) is 4.39. The number of hydrogen-bond acceptors (Lipinski definition) is 2. The number of fused-ring (bicyclic) bond motifs is 1. The quantitative estimate of drug-likeness (QED) is 0.857. The number of benzene rings is 1. The van der Waals surface area contributed by atoms with Crippen molar-refractivity contribution in [3.05, 3.63) is 41.6 Å². The molecule has 0 saturated carbocycles. The molecule has 0 saturated heterocycles. The zero-order valence-corrected chi connectivity index (χ0v) is 11.5. The molecule has 1 atom stereocenters. The van der Waals surface area contributed by atoms with Gasteiger partial charge < -0.3 is 5.32 Å². The van der Waals surface area contributed by atoms with Crippen molar-refractivity contribution in [1.82, 2.24) is 10.3 Å². The van der Waals surface area contributed by atoms with Crippen molar-refractivity contribution in [3.63, 3.8) is 0 Å². The van der Waals surface area contributed by atoms with Crippen LogP contribution >= 0.6 is 0 Å². The summed E-state index contributed by atoms with van der Waals surface area (Å²) in [7, 11) is 2.02. The van der Waals surface area contributed by atoms with E-state index >= 15 is 0 Å². The van der Waals surface area contributed by atoms with E-state index in [0.717, 1.165) is 11.9 Å². The molecular weight excluding hydrogens is 220 g/mol. The van der Waals surface area contributed by atoms with Gasteiger partial charge in [-0.1, -0.05) is 38.0 Å². The van der Waals surface area contributed by atoms with Gasteiger partial charge in [-0.3, -0.25) is 4.98 Å². The number of nitrogens with one attached hydrogen (secondary N) is 1. The van der Waals surface area contributed by atoms with Gasteiger partial charge in [0.2, 0.25) is 0 Å².